The van der Waals surface area contributed by atoms with E-state index in [1.165, 1.54) is 0 Å². The number of allylic oxidation sites excluding steroid dienone is 1. The normalized spacial score (nSPS) is 24.1. The molecule has 0 aromatic rings. The fourth-order valence-corrected chi connectivity index (χ4v) is 1.99. The Morgan fingerprint density at radius 3 is 1.33 bits per heavy atom. The van der Waals surface area contributed by atoms with Crippen LogP contribution < -0.4 is 0 Å². The third-order valence-electron chi connectivity index (χ3n) is 3.08. The quantitative estimate of drug-likeness (QED) is 0.413. The Morgan fingerprint density at radius 1 is 0.750 bits per heavy atom. The van der Waals surface area contributed by atoms with E-state index in [4.69, 9.17) is 0 Å². The van der Waals surface area contributed by atoms with E-state index in [1.54, 1.807) is 0 Å². The summed E-state index contributed by atoms with van der Waals surface area (Å²) < 4.78 is 137. The minimum absolute atomic E-state index is 0.511. The smallest absolute Gasteiger partial charge is 0.345 e. The van der Waals surface area contributed by atoms with Gasteiger partial charge in [0.15, 0.2) is 0 Å². The second kappa shape index (κ2) is 7.77. The van der Waals surface area contributed by atoms with Crippen LogP contribution in [-0.4, -0.2) is 36.5 Å². The molecule has 0 N–H and O–H groups in total. The number of hydrogen-bond donors (Lipinski definition) is 0. The number of piperidine rings is 1. The zero-order chi connectivity index (χ0) is 19.5. The summed E-state index contributed by atoms with van der Waals surface area (Å²) in [7, 11) is 0. The van der Waals surface area contributed by atoms with Crippen LogP contribution in [0.1, 0.15) is 20.3 Å². The van der Waals surface area contributed by atoms with E-state index < -0.39 is 66.6 Å². The standard InChI is InChI=1S/C10H8F11N.C2H6/c11-6(10(19,20)21)7(12)22-2-4(8(13,14)15)1-5(3-22)9(16,17)18;1-2/h4-5H,1-3H2;1-2H3/b7-6-;. The molecule has 1 heterocycles. The van der Waals surface area contributed by atoms with Crippen molar-refractivity contribution < 1.29 is 48.3 Å². The van der Waals surface area contributed by atoms with Crippen LogP contribution >= 0.6 is 0 Å². The van der Waals surface area contributed by atoms with E-state index in [0.29, 0.717) is 0 Å². The van der Waals surface area contributed by atoms with Crippen LogP contribution in [0.5, 0.6) is 0 Å². The molecule has 0 radical (unpaired) electrons. The molecule has 24 heavy (non-hydrogen) atoms. The Kier molecular flexibility index (Phi) is 7.37. The third-order valence-corrected chi connectivity index (χ3v) is 3.08. The van der Waals surface area contributed by atoms with Crippen molar-refractivity contribution >= 4 is 0 Å². The molecule has 1 nitrogen and oxygen atoms in total. The molecule has 0 aromatic heterocycles. The molecule has 0 amide bonds. The fraction of sp³-hybridized carbons (Fsp3) is 0.833. The van der Waals surface area contributed by atoms with Crippen LogP contribution in [0, 0.1) is 11.8 Å². The van der Waals surface area contributed by atoms with E-state index in [0.717, 1.165) is 0 Å². The molecule has 1 fully saturated rings. The largest absolute Gasteiger partial charge is 0.447 e. The summed E-state index contributed by atoms with van der Waals surface area (Å²) in [5, 5.41) is 0. The van der Waals surface area contributed by atoms with Gasteiger partial charge in [0.25, 0.3) is 5.83 Å². The maximum Gasteiger partial charge on any atom is 0.447 e. The highest BCUT2D eigenvalue weighted by molar-refractivity contribution is 5.07. The zero-order valence-corrected chi connectivity index (χ0v) is 12.4. The number of alkyl halides is 9. The van der Waals surface area contributed by atoms with Gasteiger partial charge in [0.2, 0.25) is 5.95 Å². The van der Waals surface area contributed by atoms with Crippen LogP contribution in [0.3, 0.4) is 0 Å². The highest BCUT2D eigenvalue weighted by Crippen LogP contribution is 2.43. The van der Waals surface area contributed by atoms with Gasteiger partial charge in [-0.2, -0.15) is 48.3 Å². The average molecular weight is 381 g/mol. The number of rotatable bonds is 1. The van der Waals surface area contributed by atoms with Crippen molar-refractivity contribution in [3.8, 4) is 0 Å². The van der Waals surface area contributed by atoms with Crippen molar-refractivity contribution in [2.45, 2.75) is 38.8 Å². The lowest BCUT2D eigenvalue weighted by Gasteiger charge is -2.39. The second-order valence-electron chi connectivity index (χ2n) is 4.72. The number of likely N-dealkylation sites (tertiary alicyclic amines) is 1. The van der Waals surface area contributed by atoms with E-state index in [2.05, 4.69) is 0 Å². The van der Waals surface area contributed by atoms with Crippen molar-refractivity contribution in [3.63, 3.8) is 0 Å². The monoisotopic (exact) mass is 381 g/mol. The summed E-state index contributed by atoms with van der Waals surface area (Å²) in [6.07, 6.45) is -17.7. The van der Waals surface area contributed by atoms with Crippen molar-refractivity contribution in [1.29, 1.82) is 0 Å². The molecule has 2 atom stereocenters. The summed E-state index contributed by atoms with van der Waals surface area (Å²) in [6.45, 7) is 0.955. The summed E-state index contributed by atoms with van der Waals surface area (Å²) in [5.74, 6) is -11.6. The lowest BCUT2D eigenvalue weighted by molar-refractivity contribution is -0.230. The van der Waals surface area contributed by atoms with Gasteiger partial charge in [0, 0.05) is 13.1 Å². The number of nitrogens with zero attached hydrogens (tertiary/aromatic N) is 1. The third kappa shape index (κ3) is 6.00. The molecular weight excluding hydrogens is 367 g/mol. The van der Waals surface area contributed by atoms with Gasteiger partial charge in [-0.1, -0.05) is 13.8 Å². The average Bonchev–Trinajstić information content (AvgIpc) is 2.44. The molecule has 0 bridgehead atoms. The van der Waals surface area contributed by atoms with Gasteiger partial charge in [-0.3, -0.25) is 0 Å². The van der Waals surface area contributed by atoms with Gasteiger partial charge >= 0.3 is 18.5 Å². The van der Waals surface area contributed by atoms with Crippen LogP contribution in [0.2, 0.25) is 0 Å². The van der Waals surface area contributed by atoms with Gasteiger partial charge in [0.1, 0.15) is 0 Å². The summed E-state index contributed by atoms with van der Waals surface area (Å²) in [4.78, 5) is -0.511. The van der Waals surface area contributed by atoms with Crippen molar-refractivity contribution in [2.75, 3.05) is 13.1 Å². The fourth-order valence-electron chi connectivity index (χ4n) is 1.99. The highest BCUT2D eigenvalue weighted by atomic mass is 19.4. The molecule has 0 aromatic carbocycles. The van der Waals surface area contributed by atoms with Crippen molar-refractivity contribution in [2.24, 2.45) is 11.8 Å². The molecule has 1 saturated heterocycles. The van der Waals surface area contributed by atoms with Crippen LogP contribution in [0.15, 0.2) is 11.8 Å². The van der Waals surface area contributed by atoms with E-state index >= 15 is 0 Å². The van der Waals surface area contributed by atoms with Crippen LogP contribution in [0.25, 0.3) is 0 Å². The molecular formula is C12H14F11N. The van der Waals surface area contributed by atoms with Gasteiger partial charge in [0.05, 0.1) is 11.8 Å². The molecule has 2 unspecified atom stereocenters. The Hall–Kier alpha value is -1.23. The Balaban J connectivity index is 0.00000254. The molecule has 144 valence electrons. The molecule has 1 rings (SSSR count). The van der Waals surface area contributed by atoms with Crippen LogP contribution in [-0.2, 0) is 0 Å². The van der Waals surface area contributed by atoms with Gasteiger partial charge in [-0.15, -0.1) is 0 Å². The summed E-state index contributed by atoms with van der Waals surface area (Å²) in [6, 6.07) is 0. The molecule has 12 heteroatoms. The van der Waals surface area contributed by atoms with Gasteiger partial charge < -0.3 is 4.90 Å². The number of halogens is 11. The zero-order valence-electron chi connectivity index (χ0n) is 12.4. The minimum Gasteiger partial charge on any atom is -0.345 e. The number of hydrogen-bond acceptors (Lipinski definition) is 1. The minimum atomic E-state index is -5.84. The van der Waals surface area contributed by atoms with Crippen molar-refractivity contribution in [1.82, 2.24) is 4.90 Å². The Labute approximate surface area is 130 Å². The first-order valence-electron chi connectivity index (χ1n) is 6.65. The lowest BCUT2D eigenvalue weighted by atomic mass is 9.88. The first-order chi connectivity index (χ1) is 10.6. The molecule has 1 aliphatic rings. The van der Waals surface area contributed by atoms with Gasteiger partial charge in [-0.05, 0) is 6.42 Å². The summed E-state index contributed by atoms with van der Waals surface area (Å²) in [5.41, 5.74) is 0. The molecule has 0 spiro atoms. The molecule has 0 saturated carbocycles. The van der Waals surface area contributed by atoms with E-state index in [9.17, 15) is 48.3 Å². The Morgan fingerprint density at radius 2 is 1.08 bits per heavy atom. The van der Waals surface area contributed by atoms with Gasteiger partial charge in [-0.25, -0.2) is 0 Å². The Bertz CT molecular complexity index is 410. The van der Waals surface area contributed by atoms with E-state index in [-0.39, 0.29) is 0 Å². The second-order valence-corrected chi connectivity index (χ2v) is 4.72. The predicted octanol–water partition coefficient (Wildman–Crippen LogP) is 5.75. The van der Waals surface area contributed by atoms with Crippen LogP contribution in [0.4, 0.5) is 48.3 Å². The topological polar surface area (TPSA) is 3.24 Å². The summed E-state index contributed by atoms with van der Waals surface area (Å²) >= 11 is 0. The molecule has 0 aliphatic carbocycles. The van der Waals surface area contributed by atoms with Crippen molar-refractivity contribution in [3.05, 3.63) is 11.8 Å². The lowest BCUT2D eigenvalue weighted by Crippen LogP contribution is -2.49. The highest BCUT2D eigenvalue weighted by Gasteiger charge is 2.53. The SMILES string of the molecule is CC.F/C(=C(/F)C(F)(F)F)N1CC(C(F)(F)F)CC(C(F)(F)F)C1. The molecule has 1 aliphatic heterocycles. The van der Waals surface area contributed by atoms with E-state index in [1.807, 2.05) is 13.8 Å². The first-order valence-corrected chi connectivity index (χ1v) is 6.65. The maximum atomic E-state index is 13.3. The predicted molar refractivity (Wildman–Crippen MR) is 61.9 cm³/mol. The maximum absolute atomic E-state index is 13.3. The first kappa shape index (κ1) is 22.8.